The van der Waals surface area contributed by atoms with Gasteiger partial charge in [-0.25, -0.2) is 4.68 Å². The van der Waals surface area contributed by atoms with Crippen LogP contribution in [0.2, 0.25) is 0 Å². The molecule has 0 aromatic carbocycles. The average Bonchev–Trinajstić information content (AvgIpc) is 2.53. The molecule has 14 heavy (non-hydrogen) atoms. The second-order valence-corrected chi connectivity index (χ2v) is 3.81. The van der Waals surface area contributed by atoms with E-state index in [1.165, 1.54) is 4.68 Å². The third kappa shape index (κ3) is 2.67. The number of nitrogens with zero attached hydrogens (tertiary/aromatic N) is 4. The van der Waals surface area contributed by atoms with Gasteiger partial charge in [0.25, 0.3) is 0 Å². The van der Waals surface area contributed by atoms with Crippen molar-refractivity contribution in [2.45, 2.75) is 23.9 Å². The summed E-state index contributed by atoms with van der Waals surface area (Å²) in [5.74, 6) is -0.923. The van der Waals surface area contributed by atoms with Gasteiger partial charge in [0.2, 0.25) is 5.16 Å². The average molecular weight is 218 g/mol. The van der Waals surface area contributed by atoms with Crippen molar-refractivity contribution in [2.24, 2.45) is 0 Å². The zero-order valence-electron chi connectivity index (χ0n) is 7.49. The second-order valence-electron chi connectivity index (χ2n) is 2.51. The normalized spacial score (nSPS) is 12.7. The highest BCUT2D eigenvalue weighted by Crippen LogP contribution is 2.19. The van der Waals surface area contributed by atoms with E-state index in [1.54, 1.807) is 6.92 Å². The molecule has 0 aliphatic heterocycles. The minimum Gasteiger partial charge on any atom is -0.480 e. The molecule has 1 unspecified atom stereocenters. The first kappa shape index (κ1) is 10.9. The summed E-state index contributed by atoms with van der Waals surface area (Å²) in [5.41, 5.74) is 0. The molecule has 0 aliphatic rings. The molecular weight excluding hydrogens is 208 g/mol. The molecule has 0 amide bonds. The Balaban J connectivity index is 2.66. The Hall–Kier alpha value is -1.15. The van der Waals surface area contributed by atoms with Crippen LogP contribution in [0.15, 0.2) is 5.16 Å². The summed E-state index contributed by atoms with van der Waals surface area (Å²) in [6.07, 6.45) is 0. The van der Waals surface area contributed by atoms with E-state index >= 15 is 0 Å². The van der Waals surface area contributed by atoms with Gasteiger partial charge >= 0.3 is 5.97 Å². The lowest BCUT2D eigenvalue weighted by atomic mass is 10.5. The number of hydrogen-bond donors (Lipinski definition) is 2. The Morgan fingerprint density at radius 1 is 1.71 bits per heavy atom. The molecule has 0 spiro atoms. The number of carboxylic acid groups (broad SMARTS) is 1. The summed E-state index contributed by atoms with van der Waals surface area (Å²) in [7, 11) is 0. The van der Waals surface area contributed by atoms with E-state index in [0.717, 1.165) is 11.8 Å². The van der Waals surface area contributed by atoms with Crippen LogP contribution >= 0.6 is 11.8 Å². The van der Waals surface area contributed by atoms with Crippen LogP contribution in [-0.2, 0) is 11.3 Å². The summed E-state index contributed by atoms with van der Waals surface area (Å²) in [6.45, 7) is 1.73. The molecule has 1 atom stereocenters. The molecule has 2 N–H and O–H groups in total. The number of aromatic nitrogens is 4. The van der Waals surface area contributed by atoms with Crippen molar-refractivity contribution in [1.29, 1.82) is 0 Å². The third-order valence-electron chi connectivity index (χ3n) is 1.44. The van der Waals surface area contributed by atoms with Crippen LogP contribution < -0.4 is 0 Å². The smallest absolute Gasteiger partial charge is 0.316 e. The summed E-state index contributed by atoms with van der Waals surface area (Å²) < 4.78 is 1.37. The Kier molecular flexibility index (Phi) is 3.84. The molecule has 1 aromatic rings. The minimum absolute atomic E-state index is 0.0833. The molecule has 0 saturated heterocycles. The zero-order valence-corrected chi connectivity index (χ0v) is 8.31. The predicted octanol–water partition coefficient (Wildman–Crippen LogP) is -0.769. The van der Waals surface area contributed by atoms with Crippen molar-refractivity contribution in [1.82, 2.24) is 20.2 Å². The van der Waals surface area contributed by atoms with Gasteiger partial charge in [0.1, 0.15) is 5.25 Å². The van der Waals surface area contributed by atoms with Crippen molar-refractivity contribution in [2.75, 3.05) is 6.61 Å². The van der Waals surface area contributed by atoms with Crippen LogP contribution in [0.1, 0.15) is 6.92 Å². The maximum Gasteiger partial charge on any atom is 0.316 e. The van der Waals surface area contributed by atoms with Gasteiger partial charge in [0, 0.05) is 0 Å². The Labute approximate surface area is 84.1 Å². The van der Waals surface area contributed by atoms with Gasteiger partial charge in [-0.3, -0.25) is 4.79 Å². The molecule has 0 fully saturated rings. The number of carbonyl (C=O) groups is 1. The molecule has 0 aliphatic carbocycles. The van der Waals surface area contributed by atoms with Gasteiger partial charge in [-0.2, -0.15) is 0 Å². The molecule has 1 rings (SSSR count). The van der Waals surface area contributed by atoms with Gasteiger partial charge in [0.15, 0.2) is 0 Å². The monoisotopic (exact) mass is 218 g/mol. The molecular formula is C6H10N4O3S. The van der Waals surface area contributed by atoms with E-state index in [-0.39, 0.29) is 13.2 Å². The largest absolute Gasteiger partial charge is 0.480 e. The summed E-state index contributed by atoms with van der Waals surface area (Å²) in [4.78, 5) is 10.5. The number of tetrazole rings is 1. The highest BCUT2D eigenvalue weighted by molar-refractivity contribution is 8.00. The topological polar surface area (TPSA) is 101 Å². The Bertz CT molecular complexity index is 316. The molecule has 0 radical (unpaired) electrons. The standard InChI is InChI=1S/C6H10N4O3S/c1-4(5(12)13)14-6-7-8-9-10(6)2-3-11/h4,11H,2-3H2,1H3,(H,12,13). The first-order chi connectivity index (χ1) is 6.65. The molecule has 1 heterocycles. The van der Waals surface area contributed by atoms with Crippen LogP contribution in [0.3, 0.4) is 0 Å². The highest BCUT2D eigenvalue weighted by Gasteiger charge is 2.16. The van der Waals surface area contributed by atoms with E-state index in [2.05, 4.69) is 15.5 Å². The van der Waals surface area contributed by atoms with E-state index in [1.807, 2.05) is 0 Å². The number of aliphatic hydroxyl groups is 1. The molecule has 1 aromatic heterocycles. The van der Waals surface area contributed by atoms with Gasteiger partial charge in [-0.05, 0) is 17.4 Å². The van der Waals surface area contributed by atoms with Crippen LogP contribution in [0, 0.1) is 0 Å². The number of carboxylic acids is 1. The SMILES string of the molecule is CC(Sc1nnnn1CCO)C(=O)O. The van der Waals surface area contributed by atoms with Gasteiger partial charge in [-0.15, -0.1) is 5.10 Å². The number of aliphatic carboxylic acids is 1. The molecule has 0 saturated carbocycles. The fourth-order valence-electron chi connectivity index (χ4n) is 0.724. The molecule has 7 nitrogen and oxygen atoms in total. The highest BCUT2D eigenvalue weighted by atomic mass is 32.2. The van der Waals surface area contributed by atoms with E-state index < -0.39 is 11.2 Å². The van der Waals surface area contributed by atoms with Crippen molar-refractivity contribution in [3.63, 3.8) is 0 Å². The summed E-state index contributed by atoms with van der Waals surface area (Å²) >= 11 is 1.04. The Morgan fingerprint density at radius 3 is 3.00 bits per heavy atom. The van der Waals surface area contributed by atoms with Crippen LogP contribution in [-0.4, -0.2) is 48.2 Å². The lowest BCUT2D eigenvalue weighted by Crippen LogP contribution is -2.14. The lowest BCUT2D eigenvalue weighted by molar-refractivity contribution is -0.136. The number of thioether (sulfide) groups is 1. The number of rotatable bonds is 5. The number of aliphatic hydroxyl groups excluding tert-OH is 1. The van der Waals surface area contributed by atoms with Crippen molar-refractivity contribution >= 4 is 17.7 Å². The first-order valence-corrected chi connectivity index (χ1v) is 4.79. The van der Waals surface area contributed by atoms with Gasteiger partial charge in [-0.1, -0.05) is 11.8 Å². The van der Waals surface area contributed by atoms with Crippen molar-refractivity contribution in [3.05, 3.63) is 0 Å². The molecule has 8 heteroatoms. The van der Waals surface area contributed by atoms with Crippen molar-refractivity contribution < 1.29 is 15.0 Å². The number of hydrogen-bond acceptors (Lipinski definition) is 6. The fraction of sp³-hybridized carbons (Fsp3) is 0.667. The third-order valence-corrected chi connectivity index (χ3v) is 2.50. The lowest BCUT2D eigenvalue weighted by Gasteiger charge is -2.04. The summed E-state index contributed by atoms with van der Waals surface area (Å²) in [6, 6.07) is 0. The maximum atomic E-state index is 10.5. The van der Waals surface area contributed by atoms with Crippen molar-refractivity contribution in [3.8, 4) is 0 Å². The zero-order chi connectivity index (χ0) is 10.6. The van der Waals surface area contributed by atoms with Gasteiger partial charge < -0.3 is 10.2 Å². The van der Waals surface area contributed by atoms with E-state index in [9.17, 15) is 4.79 Å². The van der Waals surface area contributed by atoms with E-state index in [4.69, 9.17) is 10.2 Å². The predicted molar refractivity (Wildman–Crippen MR) is 47.9 cm³/mol. The van der Waals surface area contributed by atoms with Crippen LogP contribution in [0.5, 0.6) is 0 Å². The van der Waals surface area contributed by atoms with Gasteiger partial charge in [0.05, 0.1) is 13.2 Å². The Morgan fingerprint density at radius 2 is 2.43 bits per heavy atom. The fourth-order valence-corrected chi connectivity index (χ4v) is 1.47. The van der Waals surface area contributed by atoms with E-state index in [0.29, 0.717) is 5.16 Å². The van der Waals surface area contributed by atoms with Crippen LogP contribution in [0.4, 0.5) is 0 Å². The molecule has 78 valence electrons. The second kappa shape index (κ2) is 4.91. The first-order valence-electron chi connectivity index (χ1n) is 3.91. The molecule has 0 bridgehead atoms. The summed E-state index contributed by atoms with van der Waals surface area (Å²) in [5, 5.41) is 27.7. The maximum absolute atomic E-state index is 10.5. The van der Waals surface area contributed by atoms with Crippen LogP contribution in [0.25, 0.3) is 0 Å². The quantitative estimate of drug-likeness (QED) is 0.626. The minimum atomic E-state index is -0.923.